The molecule has 0 radical (unpaired) electrons. The summed E-state index contributed by atoms with van der Waals surface area (Å²) in [6.45, 7) is 4.28. The lowest BCUT2D eigenvalue weighted by Crippen LogP contribution is -2.11. The molecule has 0 aliphatic heterocycles. The Morgan fingerprint density at radius 2 is 2.50 bits per heavy atom. The third kappa shape index (κ3) is 2.54. The van der Waals surface area contributed by atoms with Gasteiger partial charge in [-0.1, -0.05) is 0 Å². The fourth-order valence-electron chi connectivity index (χ4n) is 0.915. The predicted molar refractivity (Wildman–Crippen MR) is 48.2 cm³/mol. The van der Waals surface area contributed by atoms with E-state index in [9.17, 15) is 0 Å². The fraction of sp³-hybridized carbons (Fsp3) is 0.625. The van der Waals surface area contributed by atoms with Crippen LogP contribution in [-0.4, -0.2) is 29.3 Å². The number of anilines is 1. The summed E-state index contributed by atoms with van der Waals surface area (Å²) in [7, 11) is 1.95. The van der Waals surface area contributed by atoms with E-state index in [1.54, 1.807) is 6.20 Å². The molecule has 1 N–H and O–H groups in total. The molecule has 0 spiro atoms. The zero-order chi connectivity index (χ0) is 8.81. The number of aryl methyl sites for hydroxylation is 1. The van der Waals surface area contributed by atoms with Crippen LogP contribution in [0.3, 0.4) is 0 Å². The first-order valence-electron chi connectivity index (χ1n) is 4.13. The first kappa shape index (κ1) is 9.06. The highest BCUT2D eigenvalue weighted by atomic mass is 16.5. The Hall–Kier alpha value is -1.03. The molecule has 1 aromatic rings. The van der Waals surface area contributed by atoms with Crippen molar-refractivity contribution < 1.29 is 4.74 Å². The molecule has 0 unspecified atom stereocenters. The molecule has 1 heterocycles. The number of rotatable bonds is 5. The maximum atomic E-state index is 5.17. The molecule has 0 saturated heterocycles. The molecule has 4 heteroatoms. The predicted octanol–water partition coefficient (Wildman–Crippen LogP) is 0.868. The second-order valence-corrected chi connectivity index (χ2v) is 2.49. The van der Waals surface area contributed by atoms with Gasteiger partial charge in [0.2, 0.25) is 5.95 Å². The number of hydrogen-bond acceptors (Lipinski definition) is 3. The first-order chi connectivity index (χ1) is 5.84. The van der Waals surface area contributed by atoms with Crippen molar-refractivity contribution in [2.45, 2.75) is 6.92 Å². The van der Waals surface area contributed by atoms with E-state index in [2.05, 4.69) is 10.3 Å². The van der Waals surface area contributed by atoms with Gasteiger partial charge in [-0.3, -0.25) is 0 Å². The van der Waals surface area contributed by atoms with Crippen LogP contribution in [0.4, 0.5) is 5.95 Å². The molecule has 1 rings (SSSR count). The zero-order valence-corrected chi connectivity index (χ0v) is 7.58. The van der Waals surface area contributed by atoms with Crippen LogP contribution >= 0.6 is 0 Å². The molecule has 0 aromatic carbocycles. The van der Waals surface area contributed by atoms with Crippen molar-refractivity contribution in [2.24, 2.45) is 7.05 Å². The molecular weight excluding hydrogens is 154 g/mol. The molecule has 4 nitrogen and oxygen atoms in total. The van der Waals surface area contributed by atoms with Crippen molar-refractivity contribution in [3.05, 3.63) is 12.4 Å². The van der Waals surface area contributed by atoms with Crippen molar-refractivity contribution >= 4 is 5.95 Å². The van der Waals surface area contributed by atoms with Gasteiger partial charge in [0.05, 0.1) is 6.61 Å². The van der Waals surface area contributed by atoms with Gasteiger partial charge < -0.3 is 14.6 Å². The Morgan fingerprint density at radius 1 is 1.67 bits per heavy atom. The SMILES string of the molecule is CCOCCNc1nccn1C. The van der Waals surface area contributed by atoms with E-state index >= 15 is 0 Å². The van der Waals surface area contributed by atoms with E-state index in [1.807, 2.05) is 24.7 Å². The average Bonchev–Trinajstić information content (AvgIpc) is 2.46. The molecule has 0 bridgehead atoms. The highest BCUT2D eigenvalue weighted by molar-refractivity contribution is 5.24. The third-order valence-corrected chi connectivity index (χ3v) is 1.55. The van der Waals surface area contributed by atoms with Gasteiger partial charge in [0.15, 0.2) is 0 Å². The smallest absolute Gasteiger partial charge is 0.202 e. The van der Waals surface area contributed by atoms with Crippen LogP contribution in [-0.2, 0) is 11.8 Å². The van der Waals surface area contributed by atoms with E-state index in [0.29, 0.717) is 0 Å². The van der Waals surface area contributed by atoms with Crippen LogP contribution in [0, 0.1) is 0 Å². The van der Waals surface area contributed by atoms with Crippen LogP contribution < -0.4 is 5.32 Å². The molecule has 0 aliphatic carbocycles. The van der Waals surface area contributed by atoms with Gasteiger partial charge in [0.1, 0.15) is 0 Å². The summed E-state index contributed by atoms with van der Waals surface area (Å²) >= 11 is 0. The van der Waals surface area contributed by atoms with Gasteiger partial charge in [-0.05, 0) is 6.92 Å². The minimum Gasteiger partial charge on any atom is -0.380 e. The molecule has 0 amide bonds. The van der Waals surface area contributed by atoms with Crippen LogP contribution in [0.1, 0.15) is 6.92 Å². The summed E-state index contributed by atoms with van der Waals surface area (Å²) in [5.74, 6) is 0.884. The van der Waals surface area contributed by atoms with Crippen molar-refractivity contribution in [3.63, 3.8) is 0 Å². The van der Waals surface area contributed by atoms with E-state index in [-0.39, 0.29) is 0 Å². The van der Waals surface area contributed by atoms with Gasteiger partial charge in [-0.15, -0.1) is 0 Å². The molecule has 0 fully saturated rings. The molecule has 68 valence electrons. The van der Waals surface area contributed by atoms with Crippen LogP contribution in [0.25, 0.3) is 0 Å². The van der Waals surface area contributed by atoms with E-state index < -0.39 is 0 Å². The van der Waals surface area contributed by atoms with Gasteiger partial charge in [0, 0.05) is 32.6 Å². The van der Waals surface area contributed by atoms with Crippen molar-refractivity contribution in [3.8, 4) is 0 Å². The second kappa shape index (κ2) is 4.77. The van der Waals surface area contributed by atoms with Crippen molar-refractivity contribution in [1.82, 2.24) is 9.55 Å². The molecule has 0 atom stereocenters. The lowest BCUT2D eigenvalue weighted by molar-refractivity contribution is 0.158. The van der Waals surface area contributed by atoms with Gasteiger partial charge in [-0.25, -0.2) is 4.98 Å². The van der Waals surface area contributed by atoms with Crippen LogP contribution in [0.2, 0.25) is 0 Å². The van der Waals surface area contributed by atoms with E-state index in [1.165, 1.54) is 0 Å². The summed E-state index contributed by atoms with van der Waals surface area (Å²) in [6, 6.07) is 0. The quantitative estimate of drug-likeness (QED) is 0.665. The normalized spacial score (nSPS) is 10.2. The van der Waals surface area contributed by atoms with E-state index in [0.717, 1.165) is 25.7 Å². The second-order valence-electron chi connectivity index (χ2n) is 2.49. The first-order valence-corrected chi connectivity index (χ1v) is 4.13. The van der Waals surface area contributed by atoms with Crippen molar-refractivity contribution in [1.29, 1.82) is 0 Å². The van der Waals surface area contributed by atoms with Crippen LogP contribution in [0.5, 0.6) is 0 Å². The summed E-state index contributed by atoms with van der Waals surface area (Å²) in [5.41, 5.74) is 0. The molecule has 12 heavy (non-hydrogen) atoms. The number of ether oxygens (including phenoxy) is 1. The summed E-state index contributed by atoms with van der Waals surface area (Å²) in [4.78, 5) is 4.11. The van der Waals surface area contributed by atoms with Gasteiger partial charge in [0.25, 0.3) is 0 Å². The van der Waals surface area contributed by atoms with Gasteiger partial charge >= 0.3 is 0 Å². The summed E-state index contributed by atoms with van der Waals surface area (Å²) in [5, 5.41) is 3.15. The fourth-order valence-corrected chi connectivity index (χ4v) is 0.915. The molecule has 1 aromatic heterocycles. The summed E-state index contributed by atoms with van der Waals surface area (Å²) < 4.78 is 7.11. The molecule has 0 saturated carbocycles. The Labute approximate surface area is 72.6 Å². The minimum atomic E-state index is 0.726. The Balaban J connectivity index is 2.20. The highest BCUT2D eigenvalue weighted by Gasteiger charge is 1.95. The monoisotopic (exact) mass is 169 g/mol. The zero-order valence-electron chi connectivity index (χ0n) is 7.58. The average molecular weight is 169 g/mol. The Bertz CT molecular complexity index is 222. The third-order valence-electron chi connectivity index (χ3n) is 1.55. The topological polar surface area (TPSA) is 39.1 Å². The Morgan fingerprint density at radius 3 is 3.08 bits per heavy atom. The number of hydrogen-bond donors (Lipinski definition) is 1. The maximum absolute atomic E-state index is 5.17. The number of nitrogens with zero attached hydrogens (tertiary/aromatic N) is 2. The van der Waals surface area contributed by atoms with Gasteiger partial charge in [-0.2, -0.15) is 0 Å². The lowest BCUT2D eigenvalue weighted by atomic mass is 10.6. The van der Waals surface area contributed by atoms with E-state index in [4.69, 9.17) is 4.74 Å². The Kier molecular flexibility index (Phi) is 3.60. The van der Waals surface area contributed by atoms with Crippen LogP contribution in [0.15, 0.2) is 12.4 Å². The molecular formula is C8H15N3O. The number of aromatic nitrogens is 2. The highest BCUT2D eigenvalue weighted by Crippen LogP contribution is 1.98. The maximum Gasteiger partial charge on any atom is 0.202 e. The number of nitrogens with one attached hydrogen (secondary N) is 1. The lowest BCUT2D eigenvalue weighted by Gasteiger charge is -2.04. The minimum absolute atomic E-state index is 0.726. The summed E-state index contributed by atoms with van der Waals surface area (Å²) in [6.07, 6.45) is 3.67. The molecule has 0 aliphatic rings. The number of imidazole rings is 1. The van der Waals surface area contributed by atoms with Crippen molar-refractivity contribution in [2.75, 3.05) is 25.1 Å². The standard InChI is InChI=1S/C8H15N3O/c1-3-12-7-5-10-8-9-4-6-11(8)2/h4,6H,3,5,7H2,1-2H3,(H,9,10). The largest absolute Gasteiger partial charge is 0.380 e.